The number of piperidine rings is 2. The summed E-state index contributed by atoms with van der Waals surface area (Å²) in [6.45, 7) is 12.0. The third-order valence-corrected chi connectivity index (χ3v) is 8.93. The highest BCUT2D eigenvalue weighted by Crippen LogP contribution is 2.49. The van der Waals surface area contributed by atoms with Gasteiger partial charge in [0.2, 0.25) is 0 Å². The number of hydrogen-bond acceptors (Lipinski definition) is 6. The van der Waals surface area contributed by atoms with E-state index in [-0.39, 0.29) is 6.10 Å². The number of likely N-dealkylation sites (tertiary alicyclic amines) is 1. The standard InChI is InChI=1S/C16H32N2O.C10H20N2O/c1-13-3-8-16(13,2)9-4-14(5-10-17)18-11-6-15(19)7-12-18;1-5-11-6-2-9(1)12-10-3-7-13-8-4-10/h13-15,19H,3-12,17H2,1-2H3;9-12H,1-8H2. The molecule has 6 heteroatoms. The van der Waals surface area contributed by atoms with Gasteiger partial charge < -0.3 is 31.1 Å². The average Bonchev–Trinajstić information content (AvgIpc) is 2.83. The van der Waals surface area contributed by atoms with Crippen LogP contribution in [0.3, 0.4) is 0 Å². The molecule has 0 aromatic rings. The molecule has 3 saturated heterocycles. The van der Waals surface area contributed by atoms with Gasteiger partial charge in [-0.15, -0.1) is 0 Å². The second-order valence-corrected chi connectivity index (χ2v) is 11.2. The molecule has 0 bridgehead atoms. The van der Waals surface area contributed by atoms with Crippen molar-refractivity contribution in [3.05, 3.63) is 0 Å². The Bertz CT molecular complexity index is 486. The third-order valence-electron chi connectivity index (χ3n) is 8.93. The normalized spacial score (nSPS) is 32.1. The summed E-state index contributed by atoms with van der Waals surface area (Å²) < 4.78 is 5.34. The van der Waals surface area contributed by atoms with E-state index >= 15 is 0 Å². The first-order valence-corrected chi connectivity index (χ1v) is 13.7. The van der Waals surface area contributed by atoms with E-state index < -0.39 is 0 Å². The quantitative estimate of drug-likeness (QED) is 0.453. The van der Waals surface area contributed by atoms with E-state index in [0.717, 1.165) is 70.1 Å². The molecule has 6 nitrogen and oxygen atoms in total. The maximum atomic E-state index is 9.63. The van der Waals surface area contributed by atoms with Crippen LogP contribution in [0.4, 0.5) is 0 Å². The Morgan fingerprint density at radius 2 is 1.69 bits per heavy atom. The molecular weight excluding hydrogens is 400 g/mol. The van der Waals surface area contributed by atoms with Gasteiger partial charge in [0.05, 0.1) is 6.10 Å². The number of aliphatic hydroxyl groups is 1. The van der Waals surface area contributed by atoms with Crippen LogP contribution < -0.4 is 16.4 Å². The first kappa shape index (κ1) is 26.4. The van der Waals surface area contributed by atoms with E-state index in [1.54, 1.807) is 0 Å². The molecule has 3 unspecified atom stereocenters. The minimum atomic E-state index is -0.0704. The molecule has 5 N–H and O–H groups in total. The number of rotatable bonds is 8. The van der Waals surface area contributed by atoms with Crippen LogP contribution in [0.15, 0.2) is 0 Å². The van der Waals surface area contributed by atoms with Gasteiger partial charge in [-0.1, -0.05) is 13.8 Å². The summed E-state index contributed by atoms with van der Waals surface area (Å²) in [5, 5.41) is 16.8. The van der Waals surface area contributed by atoms with Gasteiger partial charge in [0.1, 0.15) is 0 Å². The molecule has 3 aliphatic heterocycles. The highest BCUT2D eigenvalue weighted by Gasteiger charge is 2.39. The van der Waals surface area contributed by atoms with E-state index in [2.05, 4.69) is 29.4 Å². The van der Waals surface area contributed by atoms with Gasteiger partial charge >= 0.3 is 0 Å². The van der Waals surface area contributed by atoms with Crippen LogP contribution in [0.2, 0.25) is 0 Å². The lowest BCUT2D eigenvalue weighted by Gasteiger charge is -2.47. The Kier molecular flexibility index (Phi) is 11.2. The summed E-state index contributed by atoms with van der Waals surface area (Å²) in [5.41, 5.74) is 6.39. The lowest BCUT2D eigenvalue weighted by molar-refractivity contribution is 0.0247. The van der Waals surface area contributed by atoms with Crippen LogP contribution in [0.25, 0.3) is 0 Å². The van der Waals surface area contributed by atoms with Crippen LogP contribution in [-0.4, -0.2) is 80.2 Å². The summed E-state index contributed by atoms with van der Waals surface area (Å²) in [5.74, 6) is 0.897. The predicted molar refractivity (Wildman–Crippen MR) is 133 cm³/mol. The Balaban J connectivity index is 0.000000193. The third kappa shape index (κ3) is 8.21. The largest absolute Gasteiger partial charge is 0.393 e. The molecule has 0 radical (unpaired) electrons. The average molecular weight is 453 g/mol. The molecule has 0 aromatic carbocycles. The van der Waals surface area contributed by atoms with E-state index in [1.807, 2.05) is 0 Å². The Morgan fingerprint density at radius 3 is 2.25 bits per heavy atom. The van der Waals surface area contributed by atoms with Gasteiger partial charge in [-0.05, 0) is 102 Å². The Hall–Kier alpha value is -0.240. The smallest absolute Gasteiger partial charge is 0.0564 e. The van der Waals surface area contributed by atoms with Crippen molar-refractivity contribution in [3.8, 4) is 0 Å². The summed E-state index contributed by atoms with van der Waals surface area (Å²) in [4.78, 5) is 2.58. The van der Waals surface area contributed by atoms with Crippen LogP contribution >= 0.6 is 0 Å². The van der Waals surface area contributed by atoms with Gasteiger partial charge in [0.25, 0.3) is 0 Å². The fraction of sp³-hybridized carbons (Fsp3) is 1.00. The highest BCUT2D eigenvalue weighted by atomic mass is 16.5. The molecule has 3 heterocycles. The second kappa shape index (κ2) is 13.6. The zero-order chi connectivity index (χ0) is 22.8. The SMILES string of the molecule is C1CC(NC2CCOCC2)CCN1.CC1CCC1(C)CCC(CCN)N1CCC(O)CC1. The van der Waals surface area contributed by atoms with Crippen molar-refractivity contribution in [3.63, 3.8) is 0 Å². The van der Waals surface area contributed by atoms with Crippen molar-refractivity contribution in [2.45, 2.75) is 109 Å². The minimum absolute atomic E-state index is 0.0704. The molecule has 1 saturated carbocycles. The van der Waals surface area contributed by atoms with Gasteiger partial charge in [-0.25, -0.2) is 0 Å². The van der Waals surface area contributed by atoms with E-state index in [1.165, 1.54) is 64.5 Å². The van der Waals surface area contributed by atoms with Crippen LogP contribution in [0.1, 0.15) is 84.5 Å². The monoisotopic (exact) mass is 452 g/mol. The summed E-state index contributed by atoms with van der Waals surface area (Å²) >= 11 is 0. The minimum Gasteiger partial charge on any atom is -0.393 e. The summed E-state index contributed by atoms with van der Waals surface area (Å²) in [7, 11) is 0. The Morgan fingerprint density at radius 1 is 1.03 bits per heavy atom. The van der Waals surface area contributed by atoms with Gasteiger partial charge in [-0.2, -0.15) is 0 Å². The lowest BCUT2D eigenvalue weighted by Crippen LogP contribution is -2.46. The Labute approximate surface area is 197 Å². The maximum Gasteiger partial charge on any atom is 0.0564 e. The fourth-order valence-electron chi connectivity index (χ4n) is 5.93. The number of nitrogens with zero attached hydrogens (tertiary/aromatic N) is 1. The highest BCUT2D eigenvalue weighted by molar-refractivity contribution is 4.91. The van der Waals surface area contributed by atoms with Crippen LogP contribution in [-0.2, 0) is 4.74 Å². The molecule has 1 aliphatic carbocycles. The molecule has 0 amide bonds. The lowest BCUT2D eigenvalue weighted by atomic mass is 9.59. The van der Waals surface area contributed by atoms with Gasteiger partial charge in [-0.3, -0.25) is 0 Å². The molecule has 4 fully saturated rings. The van der Waals surface area contributed by atoms with Crippen molar-refractivity contribution >= 4 is 0 Å². The molecule has 4 rings (SSSR count). The molecule has 0 aromatic heterocycles. The molecule has 32 heavy (non-hydrogen) atoms. The van der Waals surface area contributed by atoms with E-state index in [9.17, 15) is 5.11 Å². The van der Waals surface area contributed by atoms with Crippen molar-refractivity contribution in [1.82, 2.24) is 15.5 Å². The molecule has 188 valence electrons. The molecule has 3 atom stereocenters. The van der Waals surface area contributed by atoms with Crippen LogP contribution in [0, 0.1) is 11.3 Å². The van der Waals surface area contributed by atoms with Crippen molar-refractivity contribution in [2.75, 3.05) is 45.9 Å². The zero-order valence-corrected chi connectivity index (χ0v) is 21.0. The van der Waals surface area contributed by atoms with Gasteiger partial charge in [0.15, 0.2) is 0 Å². The van der Waals surface area contributed by atoms with E-state index in [4.69, 9.17) is 10.5 Å². The number of nitrogens with one attached hydrogen (secondary N) is 2. The molecular formula is C26H52N4O2. The second-order valence-electron chi connectivity index (χ2n) is 11.2. The van der Waals surface area contributed by atoms with Crippen LogP contribution in [0.5, 0.6) is 0 Å². The first-order chi connectivity index (χ1) is 15.5. The number of aliphatic hydroxyl groups excluding tert-OH is 1. The topological polar surface area (TPSA) is 82.8 Å². The fourth-order valence-corrected chi connectivity index (χ4v) is 5.93. The summed E-state index contributed by atoms with van der Waals surface area (Å²) in [6.07, 6.45) is 13.3. The number of ether oxygens (including phenoxy) is 1. The van der Waals surface area contributed by atoms with Gasteiger partial charge in [0, 0.05) is 44.4 Å². The number of hydrogen-bond donors (Lipinski definition) is 4. The van der Waals surface area contributed by atoms with Crippen molar-refractivity contribution in [2.24, 2.45) is 17.1 Å². The molecule has 0 spiro atoms. The van der Waals surface area contributed by atoms with E-state index in [0.29, 0.717) is 11.5 Å². The first-order valence-electron chi connectivity index (χ1n) is 13.7. The molecule has 4 aliphatic rings. The predicted octanol–water partition coefficient (Wildman–Crippen LogP) is 2.88. The zero-order valence-electron chi connectivity index (χ0n) is 21.0. The van der Waals surface area contributed by atoms with Crippen molar-refractivity contribution < 1.29 is 9.84 Å². The van der Waals surface area contributed by atoms with Crippen molar-refractivity contribution in [1.29, 1.82) is 0 Å². The summed E-state index contributed by atoms with van der Waals surface area (Å²) in [6, 6.07) is 2.11. The maximum absolute atomic E-state index is 9.63. The number of nitrogens with two attached hydrogens (primary N) is 1.